The molecule has 0 aliphatic heterocycles. The van der Waals surface area contributed by atoms with Crippen molar-refractivity contribution in [3.63, 3.8) is 0 Å². The van der Waals surface area contributed by atoms with Crippen molar-refractivity contribution in [3.05, 3.63) is 30.6 Å². The van der Waals surface area contributed by atoms with Gasteiger partial charge in [0, 0.05) is 0 Å². The van der Waals surface area contributed by atoms with Crippen LogP contribution in [0.1, 0.15) is 6.92 Å². The summed E-state index contributed by atoms with van der Waals surface area (Å²) in [7, 11) is -3.68. The van der Waals surface area contributed by atoms with Crippen LogP contribution in [-0.4, -0.2) is 29.8 Å². The zero-order valence-corrected chi connectivity index (χ0v) is 10.5. The Hall–Kier alpha value is -1.93. The van der Waals surface area contributed by atoms with E-state index in [-0.39, 0.29) is 10.9 Å². The van der Waals surface area contributed by atoms with Crippen LogP contribution in [-0.2, 0) is 10.0 Å². The average molecular weight is 268 g/mol. The maximum Gasteiger partial charge on any atom is 0.335 e. The molecule has 0 amide bonds. The van der Waals surface area contributed by atoms with Gasteiger partial charge in [-0.3, -0.25) is 0 Å². The van der Waals surface area contributed by atoms with Crippen LogP contribution < -0.4 is 9.88 Å². The Morgan fingerprint density at radius 1 is 1.33 bits per heavy atom. The first kappa shape index (κ1) is 12.5. The molecule has 8 heteroatoms. The predicted octanol–water partition coefficient (Wildman–Crippen LogP) is 0.313. The van der Waals surface area contributed by atoms with Crippen molar-refractivity contribution < 1.29 is 13.2 Å². The molecular weight excluding hydrogens is 256 g/mol. The van der Waals surface area contributed by atoms with E-state index in [1.54, 1.807) is 12.1 Å². The van der Waals surface area contributed by atoms with Crippen molar-refractivity contribution in [1.82, 2.24) is 14.8 Å². The molecule has 2 rings (SSSR count). The summed E-state index contributed by atoms with van der Waals surface area (Å²) in [6.07, 6.45) is 1.48. The van der Waals surface area contributed by atoms with Gasteiger partial charge in [-0.2, -0.15) is 4.98 Å². The van der Waals surface area contributed by atoms with Crippen LogP contribution in [0.2, 0.25) is 0 Å². The molecule has 1 aromatic heterocycles. The molecule has 0 aliphatic rings. The SMILES string of the molecule is CCOc1ncn(-c2ccc(S(N)(=O)=O)cc2)n1. The van der Waals surface area contributed by atoms with E-state index in [9.17, 15) is 8.42 Å². The first-order valence-corrected chi connectivity index (χ1v) is 6.73. The number of hydrogen-bond acceptors (Lipinski definition) is 5. The van der Waals surface area contributed by atoms with E-state index in [0.29, 0.717) is 12.3 Å². The molecule has 2 N–H and O–H groups in total. The molecule has 0 saturated heterocycles. The highest BCUT2D eigenvalue weighted by molar-refractivity contribution is 7.89. The van der Waals surface area contributed by atoms with Gasteiger partial charge in [0.1, 0.15) is 6.33 Å². The number of sulfonamides is 1. The molecule has 0 fully saturated rings. The van der Waals surface area contributed by atoms with Gasteiger partial charge >= 0.3 is 6.01 Å². The van der Waals surface area contributed by atoms with Gasteiger partial charge in [-0.25, -0.2) is 18.2 Å². The maximum absolute atomic E-state index is 11.1. The van der Waals surface area contributed by atoms with E-state index in [1.807, 2.05) is 6.92 Å². The third-order valence-corrected chi connectivity index (χ3v) is 3.10. The van der Waals surface area contributed by atoms with Crippen molar-refractivity contribution in [2.45, 2.75) is 11.8 Å². The fraction of sp³-hybridized carbons (Fsp3) is 0.200. The zero-order valence-electron chi connectivity index (χ0n) is 9.65. The van der Waals surface area contributed by atoms with Crippen molar-refractivity contribution in [1.29, 1.82) is 0 Å². The summed E-state index contributed by atoms with van der Waals surface area (Å²) in [4.78, 5) is 3.99. The lowest BCUT2D eigenvalue weighted by molar-refractivity contribution is 0.312. The van der Waals surface area contributed by atoms with Gasteiger partial charge in [0.2, 0.25) is 10.0 Å². The van der Waals surface area contributed by atoms with Crippen molar-refractivity contribution in [3.8, 4) is 11.7 Å². The molecule has 0 atom stereocenters. The predicted molar refractivity (Wildman–Crippen MR) is 63.9 cm³/mol. The van der Waals surface area contributed by atoms with Gasteiger partial charge in [-0.1, -0.05) is 0 Å². The standard InChI is InChI=1S/C10H12N4O3S/c1-2-17-10-12-7-14(13-10)8-3-5-9(6-4-8)18(11,15)16/h3-7H,2H2,1H3,(H2,11,15,16). The van der Waals surface area contributed by atoms with E-state index in [4.69, 9.17) is 9.88 Å². The average Bonchev–Trinajstić information content (AvgIpc) is 2.77. The summed E-state index contributed by atoms with van der Waals surface area (Å²) < 4.78 is 28.8. The number of nitrogens with zero attached hydrogens (tertiary/aromatic N) is 3. The molecule has 0 unspecified atom stereocenters. The lowest BCUT2D eigenvalue weighted by atomic mass is 10.3. The molecule has 96 valence electrons. The van der Waals surface area contributed by atoms with Gasteiger partial charge in [-0.05, 0) is 31.2 Å². The molecule has 7 nitrogen and oxygen atoms in total. The van der Waals surface area contributed by atoms with Crippen LogP contribution in [0.25, 0.3) is 5.69 Å². The molecule has 0 bridgehead atoms. The van der Waals surface area contributed by atoms with E-state index in [0.717, 1.165) is 0 Å². The Balaban J connectivity index is 2.28. The van der Waals surface area contributed by atoms with Crippen LogP contribution in [0.15, 0.2) is 35.5 Å². The Kier molecular flexibility index (Phi) is 3.30. The van der Waals surface area contributed by atoms with Crippen LogP contribution >= 0.6 is 0 Å². The number of hydrogen-bond donors (Lipinski definition) is 1. The number of ether oxygens (including phenoxy) is 1. The zero-order chi connectivity index (χ0) is 13.2. The summed E-state index contributed by atoms with van der Waals surface area (Å²) in [6, 6.07) is 6.27. The number of benzene rings is 1. The van der Waals surface area contributed by atoms with E-state index < -0.39 is 10.0 Å². The second kappa shape index (κ2) is 4.75. The largest absolute Gasteiger partial charge is 0.463 e. The van der Waals surface area contributed by atoms with Gasteiger partial charge < -0.3 is 4.74 Å². The van der Waals surface area contributed by atoms with Crippen LogP contribution in [0.4, 0.5) is 0 Å². The van der Waals surface area contributed by atoms with Crippen molar-refractivity contribution in [2.75, 3.05) is 6.61 Å². The van der Waals surface area contributed by atoms with E-state index in [2.05, 4.69) is 10.1 Å². The molecule has 0 saturated carbocycles. The van der Waals surface area contributed by atoms with Gasteiger partial charge in [0.05, 0.1) is 17.2 Å². The van der Waals surface area contributed by atoms with Gasteiger partial charge in [0.25, 0.3) is 0 Å². The lowest BCUT2D eigenvalue weighted by Crippen LogP contribution is -2.12. The first-order chi connectivity index (χ1) is 8.50. The summed E-state index contributed by atoms with van der Waals surface area (Å²) in [6.45, 7) is 2.32. The summed E-state index contributed by atoms with van der Waals surface area (Å²) in [5.74, 6) is 0. The Morgan fingerprint density at radius 2 is 2.00 bits per heavy atom. The summed E-state index contributed by atoms with van der Waals surface area (Å²) in [5, 5.41) is 9.07. The Bertz CT molecular complexity index is 633. The Labute approximate surface area is 104 Å². The second-order valence-electron chi connectivity index (χ2n) is 3.44. The number of aromatic nitrogens is 3. The molecule has 18 heavy (non-hydrogen) atoms. The highest BCUT2D eigenvalue weighted by Gasteiger charge is 2.08. The van der Waals surface area contributed by atoms with Crippen molar-refractivity contribution >= 4 is 10.0 Å². The maximum atomic E-state index is 11.1. The third-order valence-electron chi connectivity index (χ3n) is 2.17. The third kappa shape index (κ3) is 2.66. The molecule has 0 spiro atoms. The smallest absolute Gasteiger partial charge is 0.335 e. The highest BCUT2D eigenvalue weighted by atomic mass is 32.2. The number of primary sulfonamides is 1. The topological polar surface area (TPSA) is 100 Å². The molecule has 2 aromatic rings. The number of rotatable bonds is 4. The lowest BCUT2D eigenvalue weighted by Gasteiger charge is -2.01. The minimum Gasteiger partial charge on any atom is -0.463 e. The molecule has 1 aromatic carbocycles. The fourth-order valence-electron chi connectivity index (χ4n) is 1.36. The molecule has 1 heterocycles. The summed E-state index contributed by atoms with van der Waals surface area (Å²) in [5.41, 5.74) is 0.667. The summed E-state index contributed by atoms with van der Waals surface area (Å²) >= 11 is 0. The van der Waals surface area contributed by atoms with Crippen LogP contribution in [0.3, 0.4) is 0 Å². The van der Waals surface area contributed by atoms with E-state index >= 15 is 0 Å². The second-order valence-corrected chi connectivity index (χ2v) is 5.01. The Morgan fingerprint density at radius 3 is 2.56 bits per heavy atom. The minimum atomic E-state index is -3.68. The molecular formula is C10H12N4O3S. The fourth-order valence-corrected chi connectivity index (χ4v) is 1.87. The first-order valence-electron chi connectivity index (χ1n) is 5.18. The van der Waals surface area contributed by atoms with E-state index in [1.165, 1.54) is 23.1 Å². The normalized spacial score (nSPS) is 11.4. The highest BCUT2D eigenvalue weighted by Crippen LogP contribution is 2.12. The van der Waals surface area contributed by atoms with Crippen LogP contribution in [0.5, 0.6) is 6.01 Å². The monoisotopic (exact) mass is 268 g/mol. The minimum absolute atomic E-state index is 0.0522. The molecule has 0 radical (unpaired) electrons. The van der Waals surface area contributed by atoms with Gasteiger partial charge in [0.15, 0.2) is 0 Å². The van der Waals surface area contributed by atoms with Crippen LogP contribution in [0, 0.1) is 0 Å². The number of nitrogens with two attached hydrogens (primary N) is 1. The molecule has 0 aliphatic carbocycles. The quantitative estimate of drug-likeness (QED) is 0.860. The van der Waals surface area contributed by atoms with Gasteiger partial charge in [-0.15, -0.1) is 5.10 Å². The van der Waals surface area contributed by atoms with Crippen molar-refractivity contribution in [2.24, 2.45) is 5.14 Å².